The molecule has 0 saturated heterocycles. The van der Waals surface area contributed by atoms with E-state index >= 15 is 0 Å². The summed E-state index contributed by atoms with van der Waals surface area (Å²) in [4.78, 5) is 14.6. The van der Waals surface area contributed by atoms with Gasteiger partial charge in [-0.15, -0.1) is 0 Å². The first kappa shape index (κ1) is 23.8. The molecule has 0 spiro atoms. The van der Waals surface area contributed by atoms with Crippen molar-refractivity contribution in [3.05, 3.63) is 59.3 Å². The highest BCUT2D eigenvalue weighted by Gasteiger charge is 2.17. The van der Waals surface area contributed by atoms with Gasteiger partial charge in [-0.1, -0.05) is 11.8 Å². The van der Waals surface area contributed by atoms with E-state index in [1.54, 1.807) is 39.1 Å². The molecule has 1 heterocycles. The minimum absolute atomic E-state index is 0.000202. The number of esters is 1. The van der Waals surface area contributed by atoms with Gasteiger partial charge < -0.3 is 19.2 Å². The summed E-state index contributed by atoms with van der Waals surface area (Å²) in [7, 11) is 0. The van der Waals surface area contributed by atoms with Crippen LogP contribution < -0.4 is 4.74 Å². The Morgan fingerprint density at radius 2 is 1.94 bits per heavy atom. The van der Waals surface area contributed by atoms with Crippen molar-refractivity contribution in [2.75, 3.05) is 13.2 Å². The highest BCUT2D eigenvalue weighted by Crippen LogP contribution is 2.34. The standard InChI is InChI=1S/C25H22F2N2O4/c1-25(2,3)33-23(30)9-12-31-11-4-5-19-18-8-10-29-22(18)14-21(27)24(19)32-17-6-7-20(26)16(13-17)15-28/h6-8,10,13-14,29H,9,11-12H2,1-3H3. The number of ether oxygens (including phenoxy) is 3. The molecule has 0 amide bonds. The van der Waals surface area contributed by atoms with Gasteiger partial charge in [0, 0.05) is 29.2 Å². The Kier molecular flexibility index (Phi) is 7.32. The molecule has 0 radical (unpaired) electrons. The van der Waals surface area contributed by atoms with Crippen LogP contribution in [0, 0.1) is 34.8 Å². The molecule has 0 saturated carbocycles. The van der Waals surface area contributed by atoms with Crippen LogP contribution in [0.4, 0.5) is 8.78 Å². The van der Waals surface area contributed by atoms with Gasteiger partial charge in [0.05, 0.1) is 24.2 Å². The molecule has 8 heteroatoms. The lowest BCUT2D eigenvalue weighted by Crippen LogP contribution is -2.24. The number of nitrogens with zero attached hydrogens (tertiary/aromatic N) is 1. The van der Waals surface area contributed by atoms with Crippen molar-refractivity contribution in [1.82, 2.24) is 4.98 Å². The monoisotopic (exact) mass is 452 g/mol. The lowest BCUT2D eigenvalue weighted by atomic mass is 10.1. The molecule has 0 unspecified atom stereocenters. The molecule has 1 aromatic heterocycles. The molecule has 0 aliphatic rings. The smallest absolute Gasteiger partial charge is 0.308 e. The molecule has 0 atom stereocenters. The Balaban J connectivity index is 1.77. The minimum atomic E-state index is -0.699. The quantitative estimate of drug-likeness (QED) is 0.315. The van der Waals surface area contributed by atoms with Gasteiger partial charge in [-0.05, 0) is 39.0 Å². The lowest BCUT2D eigenvalue weighted by Gasteiger charge is -2.19. The number of nitriles is 1. The van der Waals surface area contributed by atoms with Gasteiger partial charge >= 0.3 is 5.97 Å². The summed E-state index contributed by atoms with van der Waals surface area (Å²) in [5.41, 5.74) is 0.00351. The number of hydrogen-bond donors (Lipinski definition) is 1. The van der Waals surface area contributed by atoms with Crippen molar-refractivity contribution in [3.8, 4) is 29.4 Å². The number of H-pyrrole nitrogens is 1. The van der Waals surface area contributed by atoms with Crippen molar-refractivity contribution in [2.45, 2.75) is 32.8 Å². The van der Waals surface area contributed by atoms with Crippen molar-refractivity contribution in [1.29, 1.82) is 5.26 Å². The van der Waals surface area contributed by atoms with Crippen LogP contribution >= 0.6 is 0 Å². The topological polar surface area (TPSA) is 84.3 Å². The van der Waals surface area contributed by atoms with Crippen molar-refractivity contribution in [2.24, 2.45) is 0 Å². The van der Waals surface area contributed by atoms with E-state index in [1.807, 2.05) is 0 Å². The van der Waals surface area contributed by atoms with Crippen molar-refractivity contribution >= 4 is 16.9 Å². The second-order valence-electron chi connectivity index (χ2n) is 8.05. The minimum Gasteiger partial charge on any atom is -0.460 e. The number of hydrogen-bond acceptors (Lipinski definition) is 5. The Bertz CT molecular complexity index is 1270. The van der Waals surface area contributed by atoms with Gasteiger partial charge in [0.25, 0.3) is 0 Å². The Labute approximate surface area is 190 Å². The fourth-order valence-electron chi connectivity index (χ4n) is 2.94. The molecule has 170 valence electrons. The number of carbonyl (C=O) groups is 1. The van der Waals surface area contributed by atoms with Crippen LogP contribution in [-0.4, -0.2) is 29.8 Å². The van der Waals surface area contributed by atoms with E-state index in [2.05, 4.69) is 16.8 Å². The van der Waals surface area contributed by atoms with Crippen LogP contribution in [0.1, 0.15) is 38.3 Å². The third-order valence-corrected chi connectivity index (χ3v) is 4.30. The predicted molar refractivity (Wildman–Crippen MR) is 118 cm³/mol. The average Bonchev–Trinajstić information content (AvgIpc) is 3.20. The van der Waals surface area contributed by atoms with Crippen LogP contribution in [0.3, 0.4) is 0 Å². The molecule has 0 aliphatic heterocycles. The van der Waals surface area contributed by atoms with Gasteiger partial charge in [-0.25, -0.2) is 8.78 Å². The van der Waals surface area contributed by atoms with Crippen LogP contribution in [0.25, 0.3) is 10.9 Å². The highest BCUT2D eigenvalue weighted by molar-refractivity contribution is 5.88. The van der Waals surface area contributed by atoms with Gasteiger partial charge in [-0.3, -0.25) is 4.79 Å². The zero-order chi connectivity index (χ0) is 24.0. The van der Waals surface area contributed by atoms with Gasteiger partial charge in [-0.2, -0.15) is 5.26 Å². The molecule has 33 heavy (non-hydrogen) atoms. The Hall–Kier alpha value is -3.88. The number of fused-ring (bicyclic) bond motifs is 1. The zero-order valence-corrected chi connectivity index (χ0v) is 18.4. The fourth-order valence-corrected chi connectivity index (χ4v) is 2.94. The number of rotatable bonds is 6. The molecule has 3 rings (SSSR count). The van der Waals surface area contributed by atoms with E-state index in [4.69, 9.17) is 19.5 Å². The molecule has 6 nitrogen and oxygen atoms in total. The molecule has 2 aromatic carbocycles. The zero-order valence-electron chi connectivity index (χ0n) is 18.4. The van der Waals surface area contributed by atoms with Gasteiger partial charge in [0.1, 0.15) is 29.8 Å². The second kappa shape index (κ2) is 10.2. The van der Waals surface area contributed by atoms with E-state index in [0.717, 1.165) is 6.07 Å². The van der Waals surface area contributed by atoms with E-state index in [-0.39, 0.29) is 48.2 Å². The van der Waals surface area contributed by atoms with Gasteiger partial charge in [0.15, 0.2) is 11.6 Å². The highest BCUT2D eigenvalue weighted by atomic mass is 19.1. The number of halogens is 2. The summed E-state index contributed by atoms with van der Waals surface area (Å²) < 4.78 is 44.7. The molecule has 3 aromatic rings. The van der Waals surface area contributed by atoms with Crippen molar-refractivity contribution < 1.29 is 27.8 Å². The van der Waals surface area contributed by atoms with Crippen LogP contribution in [0.15, 0.2) is 36.5 Å². The first-order valence-corrected chi connectivity index (χ1v) is 10.1. The summed E-state index contributed by atoms with van der Waals surface area (Å²) in [5.74, 6) is 3.84. The first-order valence-electron chi connectivity index (χ1n) is 10.1. The largest absolute Gasteiger partial charge is 0.460 e. The van der Waals surface area contributed by atoms with Crippen LogP contribution in [-0.2, 0) is 14.3 Å². The molecule has 0 fully saturated rings. The molecule has 0 bridgehead atoms. The summed E-state index contributed by atoms with van der Waals surface area (Å²) in [5, 5.41) is 9.64. The van der Waals surface area contributed by atoms with Crippen LogP contribution in [0.5, 0.6) is 11.5 Å². The number of aromatic amines is 1. The third-order valence-electron chi connectivity index (χ3n) is 4.30. The summed E-state index contributed by atoms with van der Waals surface area (Å²) >= 11 is 0. The van der Waals surface area contributed by atoms with E-state index in [9.17, 15) is 13.6 Å². The number of aromatic nitrogens is 1. The third kappa shape index (κ3) is 6.31. The average molecular weight is 452 g/mol. The Morgan fingerprint density at radius 1 is 1.15 bits per heavy atom. The molecular weight excluding hydrogens is 430 g/mol. The summed E-state index contributed by atoms with van der Waals surface area (Å²) in [6.07, 6.45) is 1.73. The summed E-state index contributed by atoms with van der Waals surface area (Å²) in [6, 6.07) is 8.27. The van der Waals surface area contributed by atoms with E-state index < -0.39 is 17.2 Å². The predicted octanol–water partition coefficient (Wildman–Crippen LogP) is 5.21. The fraction of sp³-hybridized carbons (Fsp3) is 0.280. The van der Waals surface area contributed by atoms with E-state index in [0.29, 0.717) is 10.9 Å². The number of carbonyl (C=O) groups excluding carboxylic acids is 1. The Morgan fingerprint density at radius 3 is 2.67 bits per heavy atom. The van der Waals surface area contributed by atoms with Crippen LogP contribution in [0.2, 0.25) is 0 Å². The summed E-state index contributed by atoms with van der Waals surface area (Å²) in [6.45, 7) is 5.47. The number of benzene rings is 2. The van der Waals surface area contributed by atoms with Gasteiger partial charge in [0.2, 0.25) is 0 Å². The SMILES string of the molecule is CC(C)(C)OC(=O)CCOCC#Cc1c(Oc2ccc(F)c(C#N)c2)c(F)cc2[nH]ccc12. The van der Waals surface area contributed by atoms with E-state index in [1.165, 1.54) is 18.2 Å². The maximum absolute atomic E-state index is 14.8. The maximum Gasteiger partial charge on any atom is 0.308 e. The van der Waals surface area contributed by atoms with Crippen molar-refractivity contribution in [3.63, 3.8) is 0 Å². The molecule has 0 aliphatic carbocycles. The molecule has 1 N–H and O–H groups in total. The molecular formula is C25H22F2N2O4. The maximum atomic E-state index is 14.8. The number of nitrogens with one attached hydrogen (secondary N) is 1. The first-order chi connectivity index (χ1) is 15.7. The lowest BCUT2D eigenvalue weighted by molar-refractivity contribution is -0.155. The normalized spacial score (nSPS) is 10.9. The second-order valence-corrected chi connectivity index (χ2v) is 8.05.